The fraction of sp³-hybridized carbons (Fsp3) is 0.0588. The zero-order valence-electron chi connectivity index (χ0n) is 29.1. The number of nitrogens with zero attached hydrogens (tertiary/aromatic N) is 1. The van der Waals surface area contributed by atoms with Crippen LogP contribution in [0.2, 0.25) is 0 Å². The van der Waals surface area contributed by atoms with Crippen LogP contribution in [0.15, 0.2) is 206 Å². The molecule has 0 aromatic heterocycles. The van der Waals surface area contributed by atoms with E-state index in [0.29, 0.717) is 0 Å². The Morgan fingerprint density at radius 2 is 0.577 bits per heavy atom. The van der Waals surface area contributed by atoms with Crippen molar-refractivity contribution < 1.29 is 0 Å². The van der Waals surface area contributed by atoms with Crippen LogP contribution in [0.25, 0.3) is 22.3 Å². The maximum absolute atomic E-state index is 2.40. The quantitative estimate of drug-likeness (QED) is 0.171. The summed E-state index contributed by atoms with van der Waals surface area (Å²) in [6, 6.07) is 76.2. The largest absolute Gasteiger partial charge is 0.345 e. The molecule has 1 nitrogen and oxygen atoms in total. The van der Waals surface area contributed by atoms with E-state index in [9.17, 15) is 0 Å². The van der Waals surface area contributed by atoms with Crippen LogP contribution in [0.1, 0.15) is 44.5 Å². The average Bonchev–Trinajstić information content (AvgIpc) is 3.70. The van der Waals surface area contributed by atoms with Crippen LogP contribution in [0, 0.1) is 0 Å². The van der Waals surface area contributed by atoms with E-state index in [2.05, 4.69) is 218 Å². The zero-order valence-corrected chi connectivity index (χ0v) is 29.1. The standard InChI is InChI=1S/C51H37N/c1-52(40-30-32-48-44(34-40)42-26-14-16-28-46(42)50(48,36-18-6-2-7-19-36)37-20-8-3-9-21-37)41-31-33-49-45(35-41)43-27-15-17-29-47(43)51(49,38-22-10-4-11-23-38)39-24-12-5-13-25-39/h2-35H,1H3. The van der Waals surface area contributed by atoms with Gasteiger partial charge in [0.25, 0.3) is 0 Å². The molecule has 0 unspecified atom stereocenters. The van der Waals surface area contributed by atoms with Gasteiger partial charge < -0.3 is 4.90 Å². The van der Waals surface area contributed by atoms with E-state index < -0.39 is 10.8 Å². The molecule has 246 valence electrons. The highest BCUT2D eigenvalue weighted by molar-refractivity contribution is 5.91. The molecule has 0 heterocycles. The van der Waals surface area contributed by atoms with Gasteiger partial charge in [-0.25, -0.2) is 0 Å². The number of hydrogen-bond acceptors (Lipinski definition) is 1. The third kappa shape index (κ3) is 4.17. The van der Waals surface area contributed by atoms with Crippen LogP contribution in [-0.2, 0) is 10.8 Å². The summed E-state index contributed by atoms with van der Waals surface area (Å²) < 4.78 is 0. The summed E-state index contributed by atoms with van der Waals surface area (Å²) in [5, 5.41) is 0. The fourth-order valence-electron chi connectivity index (χ4n) is 9.44. The summed E-state index contributed by atoms with van der Waals surface area (Å²) in [6.07, 6.45) is 0. The van der Waals surface area contributed by atoms with Crippen molar-refractivity contribution in [3.05, 3.63) is 251 Å². The molecule has 2 aliphatic carbocycles. The summed E-state index contributed by atoms with van der Waals surface area (Å²) in [6.45, 7) is 0. The lowest BCUT2D eigenvalue weighted by atomic mass is 9.67. The van der Waals surface area contributed by atoms with E-state index in [1.165, 1.54) is 66.8 Å². The first-order valence-electron chi connectivity index (χ1n) is 18.2. The summed E-state index contributed by atoms with van der Waals surface area (Å²) >= 11 is 0. The van der Waals surface area contributed by atoms with E-state index >= 15 is 0 Å². The Labute approximate surface area is 306 Å². The number of rotatable bonds is 6. The Morgan fingerprint density at radius 3 is 0.923 bits per heavy atom. The number of anilines is 2. The van der Waals surface area contributed by atoms with Crippen LogP contribution in [0.5, 0.6) is 0 Å². The third-order valence-corrected chi connectivity index (χ3v) is 11.7. The molecular formula is C51H37N. The Bertz CT molecular complexity index is 2310. The molecule has 2 aliphatic rings. The number of benzene rings is 8. The second kappa shape index (κ2) is 11.8. The summed E-state index contributed by atoms with van der Waals surface area (Å²) in [4.78, 5) is 2.35. The van der Waals surface area contributed by atoms with Crippen molar-refractivity contribution in [1.29, 1.82) is 0 Å². The van der Waals surface area contributed by atoms with Crippen LogP contribution in [0.3, 0.4) is 0 Å². The monoisotopic (exact) mass is 663 g/mol. The molecule has 0 saturated heterocycles. The maximum atomic E-state index is 2.40. The molecular weight excluding hydrogens is 627 g/mol. The molecule has 0 N–H and O–H groups in total. The van der Waals surface area contributed by atoms with Gasteiger partial charge in [-0.15, -0.1) is 0 Å². The molecule has 0 bridgehead atoms. The van der Waals surface area contributed by atoms with Crippen molar-refractivity contribution in [2.45, 2.75) is 10.8 Å². The van der Waals surface area contributed by atoms with Crippen molar-refractivity contribution in [3.8, 4) is 22.3 Å². The normalized spacial score (nSPS) is 14.2. The lowest BCUT2D eigenvalue weighted by Gasteiger charge is -2.34. The molecule has 10 rings (SSSR count). The van der Waals surface area contributed by atoms with Gasteiger partial charge in [0.2, 0.25) is 0 Å². The van der Waals surface area contributed by atoms with Crippen molar-refractivity contribution >= 4 is 11.4 Å². The molecule has 0 spiro atoms. The highest BCUT2D eigenvalue weighted by atomic mass is 15.1. The predicted molar refractivity (Wildman–Crippen MR) is 216 cm³/mol. The molecule has 0 amide bonds. The van der Waals surface area contributed by atoms with Gasteiger partial charge in [-0.2, -0.15) is 0 Å². The van der Waals surface area contributed by atoms with Crippen LogP contribution < -0.4 is 4.90 Å². The van der Waals surface area contributed by atoms with Crippen molar-refractivity contribution in [2.75, 3.05) is 11.9 Å². The van der Waals surface area contributed by atoms with Crippen LogP contribution >= 0.6 is 0 Å². The van der Waals surface area contributed by atoms with Crippen molar-refractivity contribution in [2.24, 2.45) is 0 Å². The second-order valence-electron chi connectivity index (χ2n) is 14.1. The minimum absolute atomic E-state index is 0.402. The average molecular weight is 664 g/mol. The summed E-state index contributed by atoms with van der Waals surface area (Å²) in [5.41, 5.74) is 17.1. The molecule has 1 heteroatoms. The lowest BCUT2D eigenvalue weighted by Crippen LogP contribution is -2.28. The van der Waals surface area contributed by atoms with Gasteiger partial charge in [-0.3, -0.25) is 0 Å². The molecule has 8 aromatic carbocycles. The van der Waals surface area contributed by atoms with Gasteiger partial charge in [-0.1, -0.05) is 182 Å². The lowest BCUT2D eigenvalue weighted by molar-refractivity contribution is 0.768. The second-order valence-corrected chi connectivity index (χ2v) is 14.1. The Kier molecular flexibility index (Phi) is 6.91. The van der Waals surface area contributed by atoms with Gasteiger partial charge in [0.1, 0.15) is 0 Å². The summed E-state index contributed by atoms with van der Waals surface area (Å²) in [5.74, 6) is 0. The molecule has 0 radical (unpaired) electrons. The molecule has 0 atom stereocenters. The summed E-state index contributed by atoms with van der Waals surface area (Å²) in [7, 11) is 2.20. The fourth-order valence-corrected chi connectivity index (χ4v) is 9.44. The van der Waals surface area contributed by atoms with E-state index in [4.69, 9.17) is 0 Å². The Morgan fingerprint density at radius 1 is 0.288 bits per heavy atom. The molecule has 0 aliphatic heterocycles. The van der Waals surface area contributed by atoms with Gasteiger partial charge in [-0.05, 0) is 91.0 Å². The minimum Gasteiger partial charge on any atom is -0.345 e. The first-order valence-corrected chi connectivity index (χ1v) is 18.2. The van der Waals surface area contributed by atoms with E-state index in [1.54, 1.807) is 0 Å². The molecule has 8 aromatic rings. The van der Waals surface area contributed by atoms with E-state index in [0.717, 1.165) is 11.4 Å². The van der Waals surface area contributed by atoms with Gasteiger partial charge in [0.05, 0.1) is 10.8 Å². The van der Waals surface area contributed by atoms with E-state index in [-0.39, 0.29) is 0 Å². The SMILES string of the molecule is CN(c1ccc2c(c1)-c1ccccc1C2(c1ccccc1)c1ccccc1)c1ccc2c(c1)-c1ccccc1C2(c1ccccc1)c1ccccc1. The van der Waals surface area contributed by atoms with Gasteiger partial charge >= 0.3 is 0 Å². The number of fused-ring (bicyclic) bond motifs is 6. The maximum Gasteiger partial charge on any atom is 0.0713 e. The smallest absolute Gasteiger partial charge is 0.0713 e. The number of hydrogen-bond donors (Lipinski definition) is 0. The Hall–Kier alpha value is -6.44. The van der Waals surface area contributed by atoms with Crippen LogP contribution in [-0.4, -0.2) is 7.05 Å². The molecule has 0 fully saturated rings. The topological polar surface area (TPSA) is 3.24 Å². The highest BCUT2D eigenvalue weighted by Gasteiger charge is 2.47. The van der Waals surface area contributed by atoms with Gasteiger partial charge in [0, 0.05) is 18.4 Å². The zero-order chi connectivity index (χ0) is 34.7. The first kappa shape index (κ1) is 30.4. The van der Waals surface area contributed by atoms with Crippen molar-refractivity contribution in [3.63, 3.8) is 0 Å². The first-order chi connectivity index (χ1) is 25.7. The van der Waals surface area contributed by atoms with Gasteiger partial charge in [0.15, 0.2) is 0 Å². The Balaban J connectivity index is 1.14. The van der Waals surface area contributed by atoms with E-state index in [1.807, 2.05) is 0 Å². The highest BCUT2D eigenvalue weighted by Crippen LogP contribution is 2.58. The third-order valence-electron chi connectivity index (χ3n) is 11.7. The van der Waals surface area contributed by atoms with Crippen molar-refractivity contribution in [1.82, 2.24) is 0 Å². The predicted octanol–water partition coefficient (Wildman–Crippen LogP) is 12.2. The minimum atomic E-state index is -0.402. The molecule has 52 heavy (non-hydrogen) atoms. The molecule has 0 saturated carbocycles. The van der Waals surface area contributed by atoms with Crippen LogP contribution in [0.4, 0.5) is 11.4 Å².